The lowest BCUT2D eigenvalue weighted by Crippen LogP contribution is -2.64. The molecule has 3 aliphatic rings. The summed E-state index contributed by atoms with van der Waals surface area (Å²) < 4.78 is 0. The Bertz CT molecular complexity index is 457. The van der Waals surface area contributed by atoms with Gasteiger partial charge in [-0.3, -0.25) is 9.59 Å². The van der Waals surface area contributed by atoms with E-state index in [9.17, 15) is 14.4 Å². The van der Waals surface area contributed by atoms with Crippen molar-refractivity contribution >= 4 is 17.8 Å². The van der Waals surface area contributed by atoms with Crippen LogP contribution in [0.2, 0.25) is 0 Å². The Hall–Kier alpha value is -1.79. The van der Waals surface area contributed by atoms with Gasteiger partial charge in [0, 0.05) is 25.0 Å². The highest BCUT2D eigenvalue weighted by atomic mass is 16.2. The number of carbonyl (C=O) groups is 3. The molecule has 1 aliphatic carbocycles. The van der Waals surface area contributed by atoms with Crippen molar-refractivity contribution in [3.05, 3.63) is 0 Å². The SMILES string of the molecule is CC1CCC(NC(=O)NC2CN(C(=O)C3CC3)C2)C(=O)N1. The summed E-state index contributed by atoms with van der Waals surface area (Å²) in [7, 11) is 0. The minimum atomic E-state index is -0.453. The molecule has 0 aromatic heterocycles. The summed E-state index contributed by atoms with van der Waals surface area (Å²) in [4.78, 5) is 37.1. The number of urea groups is 1. The first kappa shape index (κ1) is 14.2. The van der Waals surface area contributed by atoms with Gasteiger partial charge >= 0.3 is 6.03 Å². The number of nitrogens with one attached hydrogen (secondary N) is 3. The van der Waals surface area contributed by atoms with E-state index in [0.29, 0.717) is 19.5 Å². The summed E-state index contributed by atoms with van der Waals surface area (Å²) in [6.07, 6.45) is 3.54. The predicted molar refractivity (Wildman–Crippen MR) is 75.4 cm³/mol. The molecule has 0 bridgehead atoms. The summed E-state index contributed by atoms with van der Waals surface area (Å²) in [5.41, 5.74) is 0. The number of hydrogen-bond donors (Lipinski definition) is 3. The second-order valence-corrected chi connectivity index (χ2v) is 6.37. The van der Waals surface area contributed by atoms with Crippen molar-refractivity contribution in [2.75, 3.05) is 13.1 Å². The lowest BCUT2D eigenvalue weighted by Gasteiger charge is -2.40. The Balaban J connectivity index is 1.37. The minimum Gasteiger partial charge on any atom is -0.352 e. The van der Waals surface area contributed by atoms with Crippen LogP contribution in [0.25, 0.3) is 0 Å². The van der Waals surface area contributed by atoms with Crippen LogP contribution in [0.3, 0.4) is 0 Å². The molecule has 0 aromatic carbocycles. The lowest BCUT2D eigenvalue weighted by molar-refractivity contribution is -0.137. The van der Waals surface area contributed by atoms with E-state index < -0.39 is 6.04 Å². The first-order chi connectivity index (χ1) is 10.0. The third-order valence-electron chi connectivity index (χ3n) is 4.35. The molecule has 0 spiro atoms. The maximum Gasteiger partial charge on any atom is 0.315 e. The van der Waals surface area contributed by atoms with Crippen LogP contribution in [-0.2, 0) is 9.59 Å². The van der Waals surface area contributed by atoms with Gasteiger partial charge in [0.25, 0.3) is 0 Å². The van der Waals surface area contributed by atoms with Gasteiger partial charge in [-0.25, -0.2) is 4.79 Å². The summed E-state index contributed by atoms with van der Waals surface area (Å²) in [5, 5.41) is 8.34. The van der Waals surface area contributed by atoms with E-state index >= 15 is 0 Å². The van der Waals surface area contributed by atoms with Crippen molar-refractivity contribution in [2.24, 2.45) is 5.92 Å². The zero-order valence-electron chi connectivity index (χ0n) is 12.2. The Morgan fingerprint density at radius 2 is 1.86 bits per heavy atom. The van der Waals surface area contributed by atoms with Gasteiger partial charge in [-0.15, -0.1) is 0 Å². The van der Waals surface area contributed by atoms with Gasteiger partial charge in [0.2, 0.25) is 11.8 Å². The average molecular weight is 294 g/mol. The van der Waals surface area contributed by atoms with Crippen molar-refractivity contribution in [2.45, 2.75) is 50.7 Å². The highest BCUT2D eigenvalue weighted by Crippen LogP contribution is 2.32. The van der Waals surface area contributed by atoms with Crippen LogP contribution in [0, 0.1) is 5.92 Å². The molecule has 7 nitrogen and oxygen atoms in total. The van der Waals surface area contributed by atoms with E-state index in [0.717, 1.165) is 19.3 Å². The van der Waals surface area contributed by atoms with Crippen LogP contribution in [0.5, 0.6) is 0 Å². The molecule has 4 amide bonds. The molecule has 0 aromatic rings. The highest BCUT2D eigenvalue weighted by Gasteiger charge is 2.39. The van der Waals surface area contributed by atoms with Crippen LogP contribution in [0.15, 0.2) is 0 Å². The fourth-order valence-corrected chi connectivity index (χ4v) is 2.82. The molecule has 3 N–H and O–H groups in total. The van der Waals surface area contributed by atoms with Gasteiger partial charge in [0.05, 0.1) is 6.04 Å². The van der Waals surface area contributed by atoms with Crippen LogP contribution < -0.4 is 16.0 Å². The van der Waals surface area contributed by atoms with E-state index in [2.05, 4.69) is 16.0 Å². The molecule has 0 radical (unpaired) electrons. The van der Waals surface area contributed by atoms with Crippen LogP contribution in [0.4, 0.5) is 4.79 Å². The summed E-state index contributed by atoms with van der Waals surface area (Å²) >= 11 is 0. The first-order valence-electron chi connectivity index (χ1n) is 7.69. The zero-order valence-corrected chi connectivity index (χ0v) is 12.2. The summed E-state index contributed by atoms with van der Waals surface area (Å²) in [6, 6.07) is -0.607. The van der Waals surface area contributed by atoms with Gasteiger partial charge in [-0.05, 0) is 32.6 Å². The molecule has 21 heavy (non-hydrogen) atoms. The molecule has 2 heterocycles. The molecule has 3 fully saturated rings. The van der Waals surface area contributed by atoms with Crippen molar-refractivity contribution < 1.29 is 14.4 Å². The largest absolute Gasteiger partial charge is 0.352 e. The normalized spacial score (nSPS) is 29.4. The zero-order chi connectivity index (χ0) is 15.0. The first-order valence-corrected chi connectivity index (χ1v) is 7.69. The van der Waals surface area contributed by atoms with Gasteiger partial charge in [0.1, 0.15) is 6.04 Å². The third-order valence-corrected chi connectivity index (χ3v) is 4.35. The molecule has 2 saturated heterocycles. The van der Waals surface area contributed by atoms with Crippen molar-refractivity contribution in [1.29, 1.82) is 0 Å². The Morgan fingerprint density at radius 3 is 2.48 bits per heavy atom. The van der Waals surface area contributed by atoms with Crippen LogP contribution in [0.1, 0.15) is 32.6 Å². The molecule has 3 rings (SSSR count). The molecule has 116 valence electrons. The highest BCUT2D eigenvalue weighted by molar-refractivity contribution is 5.88. The fraction of sp³-hybridized carbons (Fsp3) is 0.786. The van der Waals surface area contributed by atoms with E-state index in [4.69, 9.17) is 0 Å². The molecular weight excluding hydrogens is 272 g/mol. The number of amides is 4. The fourth-order valence-electron chi connectivity index (χ4n) is 2.82. The quantitative estimate of drug-likeness (QED) is 0.660. The Morgan fingerprint density at radius 1 is 1.14 bits per heavy atom. The number of piperidine rings is 1. The Kier molecular flexibility index (Phi) is 3.73. The second-order valence-electron chi connectivity index (χ2n) is 6.37. The predicted octanol–water partition coefficient (Wildman–Crippen LogP) is -0.426. The van der Waals surface area contributed by atoms with Gasteiger partial charge in [0.15, 0.2) is 0 Å². The van der Waals surface area contributed by atoms with Gasteiger partial charge in [-0.2, -0.15) is 0 Å². The molecule has 2 aliphatic heterocycles. The van der Waals surface area contributed by atoms with Crippen LogP contribution >= 0.6 is 0 Å². The van der Waals surface area contributed by atoms with Gasteiger partial charge < -0.3 is 20.9 Å². The summed E-state index contributed by atoms with van der Waals surface area (Å²) in [6.45, 7) is 3.11. The number of likely N-dealkylation sites (tertiary alicyclic amines) is 1. The lowest BCUT2D eigenvalue weighted by atomic mass is 10.0. The number of carbonyl (C=O) groups excluding carboxylic acids is 3. The van der Waals surface area contributed by atoms with Crippen molar-refractivity contribution in [3.8, 4) is 0 Å². The maximum absolute atomic E-state index is 11.9. The monoisotopic (exact) mass is 294 g/mol. The topological polar surface area (TPSA) is 90.5 Å². The van der Waals surface area contributed by atoms with Crippen molar-refractivity contribution in [1.82, 2.24) is 20.9 Å². The molecular formula is C14H22N4O3. The van der Waals surface area contributed by atoms with E-state index in [-0.39, 0.29) is 35.8 Å². The third kappa shape index (κ3) is 3.28. The number of hydrogen-bond acceptors (Lipinski definition) is 3. The standard InChI is InChI=1S/C14H22N4O3/c1-8-2-5-11(12(19)15-8)17-14(21)16-10-6-18(7-10)13(20)9-3-4-9/h8-11H,2-7H2,1H3,(H,15,19)(H2,16,17,21). The number of nitrogens with zero attached hydrogens (tertiary/aromatic N) is 1. The molecule has 1 saturated carbocycles. The molecule has 2 unspecified atom stereocenters. The van der Waals surface area contributed by atoms with Gasteiger partial charge in [-0.1, -0.05) is 0 Å². The van der Waals surface area contributed by atoms with Crippen molar-refractivity contribution in [3.63, 3.8) is 0 Å². The maximum atomic E-state index is 11.9. The minimum absolute atomic E-state index is 0.00160. The van der Waals surface area contributed by atoms with E-state index in [1.807, 2.05) is 6.92 Å². The average Bonchev–Trinajstić information content (AvgIpc) is 3.20. The number of rotatable bonds is 3. The molecule has 7 heteroatoms. The second kappa shape index (κ2) is 5.54. The Labute approximate surface area is 123 Å². The smallest absolute Gasteiger partial charge is 0.315 e. The van der Waals surface area contributed by atoms with E-state index in [1.165, 1.54) is 0 Å². The summed E-state index contributed by atoms with van der Waals surface area (Å²) in [5.74, 6) is 0.324. The molecule has 2 atom stereocenters. The van der Waals surface area contributed by atoms with Crippen LogP contribution in [-0.4, -0.2) is 54.0 Å². The van der Waals surface area contributed by atoms with E-state index in [1.54, 1.807) is 4.90 Å².